The van der Waals surface area contributed by atoms with Crippen LogP contribution in [0.1, 0.15) is 303 Å². The summed E-state index contributed by atoms with van der Waals surface area (Å²) in [7, 11) is -5.69. The molecule has 2 saturated heterocycles. The monoisotopic (exact) mass is 1430 g/mol. The molecule has 3 fully saturated rings. The molecule has 0 amide bonds. The Morgan fingerprint density at radius 2 is 0.714 bits per heavy atom. The standard InChI is InChI=1S/C73H135O24P/c1-4-7-10-13-16-19-22-25-27-29-30-33-36-39-42-45-48-58(76)90-53-56-61(79)63(81)68(86)73(94-56)96-70-66(84)64(82)65(83)69(95-72-67(85)62(80)60(78)55(50-74)93-72)71(70)97-98(87,88)91-52-54(51-89-57(75)47-44-41-38-35-32-24-21-18-15-12-9-6-3)92-59(77)49-46-43-40-37-34-31-28-26-23-20-17-14-11-8-5-2/h20,23,54-56,60-74,78-86H,4-19,21-22,24-53H2,1-3H3,(H,87,88)/b23-20-. The lowest BCUT2D eigenvalue weighted by Crippen LogP contribution is -2.69. The Bertz CT molecular complexity index is 2080. The molecule has 576 valence electrons. The Morgan fingerprint density at radius 3 is 1.11 bits per heavy atom. The van der Waals surface area contributed by atoms with Crippen LogP contribution in [0.4, 0.5) is 0 Å². The van der Waals surface area contributed by atoms with Crippen molar-refractivity contribution in [3.8, 4) is 0 Å². The summed E-state index contributed by atoms with van der Waals surface area (Å²) in [5, 5.41) is 110. The SMILES string of the molecule is CCCCCC/C=C\CCCCCCCCCC(=O)OC(COC(=O)CCCCCCCCCCCCCC)COP(=O)(O)OC1C(OC2OC(CO)C(O)C(O)C2O)C(O)C(O)C(O)C1OC1OC(COC(=O)CCCCCCCCCCCCCCCCCC)C(O)C(O)C1O. The molecule has 24 nitrogen and oxygen atoms in total. The molecule has 2 heterocycles. The van der Waals surface area contributed by atoms with Crippen LogP contribution in [0, 0.1) is 0 Å². The molecule has 98 heavy (non-hydrogen) atoms. The number of hydrogen-bond acceptors (Lipinski definition) is 23. The van der Waals surface area contributed by atoms with Gasteiger partial charge in [0.1, 0.15) is 98.7 Å². The van der Waals surface area contributed by atoms with Crippen LogP contribution in [0.5, 0.6) is 0 Å². The van der Waals surface area contributed by atoms with Crippen molar-refractivity contribution in [2.75, 3.05) is 26.4 Å². The summed E-state index contributed by atoms with van der Waals surface area (Å²) in [6.45, 7) is 3.45. The summed E-state index contributed by atoms with van der Waals surface area (Å²) in [5.74, 6) is -1.98. The summed E-state index contributed by atoms with van der Waals surface area (Å²) in [4.78, 5) is 51.0. The number of allylic oxidation sites excluding steroid dienone is 2. The maximum Gasteiger partial charge on any atom is 0.472 e. The smallest absolute Gasteiger partial charge is 0.463 e. The van der Waals surface area contributed by atoms with Gasteiger partial charge in [-0.25, -0.2) is 4.57 Å². The Balaban J connectivity index is 1.72. The number of phosphoric ester groups is 1. The number of ether oxygens (including phenoxy) is 7. The first-order valence-corrected chi connectivity index (χ1v) is 40.0. The number of aliphatic hydroxyl groups is 10. The molecule has 25 heteroatoms. The van der Waals surface area contributed by atoms with Gasteiger partial charge in [0.25, 0.3) is 0 Å². The first kappa shape index (κ1) is 89.9. The molecule has 18 atom stereocenters. The molecule has 0 radical (unpaired) electrons. The number of phosphoric acid groups is 1. The maximum atomic E-state index is 14.3. The quantitative estimate of drug-likeness (QED) is 0.00886. The summed E-state index contributed by atoms with van der Waals surface area (Å²) in [6, 6.07) is 0. The van der Waals surface area contributed by atoms with Gasteiger partial charge < -0.3 is 89.1 Å². The van der Waals surface area contributed by atoms with Crippen LogP contribution in [0.3, 0.4) is 0 Å². The largest absolute Gasteiger partial charge is 0.472 e. The van der Waals surface area contributed by atoms with Crippen molar-refractivity contribution in [3.05, 3.63) is 12.2 Å². The van der Waals surface area contributed by atoms with E-state index in [1.54, 1.807) is 0 Å². The van der Waals surface area contributed by atoms with Crippen molar-refractivity contribution in [3.63, 3.8) is 0 Å². The molecule has 3 rings (SSSR count). The van der Waals surface area contributed by atoms with Crippen LogP contribution in [-0.4, -0.2) is 204 Å². The van der Waals surface area contributed by atoms with E-state index in [4.69, 9.17) is 42.2 Å². The third-order valence-electron chi connectivity index (χ3n) is 19.0. The Morgan fingerprint density at radius 1 is 0.388 bits per heavy atom. The second-order valence-electron chi connectivity index (χ2n) is 27.7. The fourth-order valence-corrected chi connectivity index (χ4v) is 13.7. The molecular formula is C73H135O24P. The highest BCUT2D eigenvalue weighted by molar-refractivity contribution is 7.47. The van der Waals surface area contributed by atoms with Crippen molar-refractivity contribution in [2.24, 2.45) is 0 Å². The second-order valence-corrected chi connectivity index (χ2v) is 29.1. The predicted molar refractivity (Wildman–Crippen MR) is 370 cm³/mol. The predicted octanol–water partition coefficient (Wildman–Crippen LogP) is 10.7. The highest BCUT2D eigenvalue weighted by Crippen LogP contribution is 2.49. The lowest BCUT2D eigenvalue weighted by Gasteiger charge is -2.49. The van der Waals surface area contributed by atoms with E-state index < -0.39 is 156 Å². The van der Waals surface area contributed by atoms with Crippen LogP contribution in [0.2, 0.25) is 0 Å². The summed E-state index contributed by atoms with van der Waals surface area (Å²) in [6.07, 6.45) is 14.1. The topological polar surface area (TPSA) is 374 Å². The van der Waals surface area contributed by atoms with Gasteiger partial charge in [-0.3, -0.25) is 23.4 Å². The zero-order valence-electron chi connectivity index (χ0n) is 60.1. The minimum absolute atomic E-state index is 0.0328. The van der Waals surface area contributed by atoms with Gasteiger partial charge >= 0.3 is 25.7 Å². The van der Waals surface area contributed by atoms with Crippen molar-refractivity contribution in [2.45, 2.75) is 407 Å². The van der Waals surface area contributed by atoms with Gasteiger partial charge in [-0.1, -0.05) is 251 Å². The van der Waals surface area contributed by atoms with E-state index in [1.165, 1.54) is 128 Å². The van der Waals surface area contributed by atoms with Gasteiger partial charge in [0, 0.05) is 19.3 Å². The number of unbranched alkanes of at least 4 members (excludes halogenated alkanes) is 37. The van der Waals surface area contributed by atoms with E-state index in [-0.39, 0.29) is 19.3 Å². The second kappa shape index (κ2) is 55.2. The Kier molecular flexibility index (Phi) is 50.7. The lowest BCUT2D eigenvalue weighted by molar-refractivity contribution is -0.360. The fraction of sp³-hybridized carbons (Fsp3) is 0.932. The van der Waals surface area contributed by atoms with Gasteiger partial charge in [0.2, 0.25) is 0 Å². The summed E-state index contributed by atoms with van der Waals surface area (Å²) < 4.78 is 65.0. The summed E-state index contributed by atoms with van der Waals surface area (Å²) in [5.41, 5.74) is 0. The molecule has 18 unspecified atom stereocenters. The van der Waals surface area contributed by atoms with Gasteiger partial charge in [0.05, 0.1) is 13.2 Å². The number of rotatable bonds is 60. The minimum Gasteiger partial charge on any atom is -0.463 e. The highest BCUT2D eigenvalue weighted by Gasteiger charge is 2.58. The van der Waals surface area contributed by atoms with E-state index in [0.717, 1.165) is 116 Å². The normalized spacial score (nSPS) is 27.7. The molecule has 0 aromatic heterocycles. The zero-order chi connectivity index (χ0) is 71.8. The Hall–Kier alpha value is -2.30. The van der Waals surface area contributed by atoms with Crippen LogP contribution in [0.15, 0.2) is 12.2 Å². The molecule has 0 aromatic rings. The van der Waals surface area contributed by atoms with Crippen molar-refractivity contribution < 1.29 is 117 Å². The number of carbonyl (C=O) groups excluding carboxylic acids is 3. The Labute approximate surface area is 586 Å². The molecule has 11 N–H and O–H groups in total. The number of carbonyl (C=O) groups is 3. The molecule has 1 aliphatic carbocycles. The van der Waals surface area contributed by atoms with E-state index >= 15 is 0 Å². The molecule has 3 aliphatic rings. The van der Waals surface area contributed by atoms with Crippen molar-refractivity contribution in [1.82, 2.24) is 0 Å². The third kappa shape index (κ3) is 37.9. The van der Waals surface area contributed by atoms with Crippen LogP contribution >= 0.6 is 7.82 Å². The average Bonchev–Trinajstić information content (AvgIpc) is 0.762. The molecule has 2 aliphatic heterocycles. The van der Waals surface area contributed by atoms with Crippen LogP contribution in [-0.2, 0) is 61.2 Å². The maximum absolute atomic E-state index is 14.3. The van der Waals surface area contributed by atoms with Gasteiger partial charge in [-0.05, 0) is 44.9 Å². The fourth-order valence-electron chi connectivity index (χ4n) is 12.8. The number of hydrogen-bond donors (Lipinski definition) is 11. The third-order valence-corrected chi connectivity index (χ3v) is 20.0. The van der Waals surface area contributed by atoms with Crippen molar-refractivity contribution >= 4 is 25.7 Å². The molecule has 0 spiro atoms. The number of aliphatic hydroxyl groups excluding tert-OH is 10. The van der Waals surface area contributed by atoms with E-state index in [0.29, 0.717) is 19.3 Å². The van der Waals surface area contributed by atoms with Crippen molar-refractivity contribution in [1.29, 1.82) is 0 Å². The lowest BCUT2D eigenvalue weighted by atomic mass is 9.84. The van der Waals surface area contributed by atoms with Gasteiger partial charge in [-0.2, -0.15) is 0 Å². The summed E-state index contributed by atoms with van der Waals surface area (Å²) >= 11 is 0. The first-order valence-electron chi connectivity index (χ1n) is 38.5. The molecule has 1 saturated carbocycles. The van der Waals surface area contributed by atoms with E-state index in [9.17, 15) is 74.9 Å². The number of esters is 3. The van der Waals surface area contributed by atoms with Crippen LogP contribution < -0.4 is 0 Å². The average molecular weight is 1430 g/mol. The molecular weight excluding hydrogens is 1290 g/mol. The van der Waals surface area contributed by atoms with Crippen LogP contribution in [0.25, 0.3) is 0 Å². The minimum atomic E-state index is -5.69. The highest BCUT2D eigenvalue weighted by atomic mass is 31.2. The van der Waals surface area contributed by atoms with E-state index in [2.05, 4.69) is 32.9 Å². The van der Waals surface area contributed by atoms with Gasteiger partial charge in [-0.15, -0.1) is 0 Å². The van der Waals surface area contributed by atoms with E-state index in [1.807, 2.05) is 0 Å². The molecule has 0 aromatic carbocycles. The van der Waals surface area contributed by atoms with Gasteiger partial charge in [0.15, 0.2) is 18.7 Å². The first-order chi connectivity index (χ1) is 47.3. The zero-order valence-corrected chi connectivity index (χ0v) is 61.0. The molecule has 0 bridgehead atoms.